The Kier molecular flexibility index (Phi) is 3.39. The zero-order chi connectivity index (χ0) is 17.3. The van der Waals surface area contributed by atoms with Gasteiger partial charge in [-0.1, -0.05) is 48.5 Å². The molecule has 26 heavy (non-hydrogen) atoms. The average molecular weight is 334 g/mol. The number of hydrogen-bond donors (Lipinski definition) is 0. The van der Waals surface area contributed by atoms with Gasteiger partial charge in [-0.3, -0.25) is 9.97 Å². The average Bonchev–Trinajstić information content (AvgIpc) is 2.73. The number of pyridine rings is 2. The maximum Gasteiger partial charge on any atom is 0.178 e. The summed E-state index contributed by atoms with van der Waals surface area (Å²) >= 11 is 0. The minimum Gasteiger partial charge on any atom is -0.264 e. The predicted molar refractivity (Wildman–Crippen MR) is 104 cm³/mol. The summed E-state index contributed by atoms with van der Waals surface area (Å²) in [5.41, 5.74) is 5.44. The molecule has 0 spiro atoms. The van der Waals surface area contributed by atoms with Crippen molar-refractivity contribution in [2.45, 2.75) is 0 Å². The fourth-order valence-corrected chi connectivity index (χ4v) is 3.17. The van der Waals surface area contributed by atoms with Crippen LogP contribution in [0.25, 0.3) is 44.3 Å². The van der Waals surface area contributed by atoms with E-state index in [4.69, 9.17) is 0 Å². The van der Waals surface area contributed by atoms with E-state index in [1.54, 1.807) is 6.20 Å². The number of benzene rings is 2. The van der Waals surface area contributed by atoms with Crippen LogP contribution < -0.4 is 0 Å². The number of rotatable bonds is 2. The topological polar surface area (TPSA) is 51.6 Å². The lowest BCUT2D eigenvalue weighted by molar-refractivity contribution is 1.23. The van der Waals surface area contributed by atoms with Crippen molar-refractivity contribution in [1.29, 1.82) is 0 Å². The molecule has 0 bridgehead atoms. The Morgan fingerprint density at radius 1 is 0.692 bits per heavy atom. The third kappa shape index (κ3) is 2.48. The van der Waals surface area contributed by atoms with Crippen LogP contribution in [0.4, 0.5) is 0 Å². The van der Waals surface area contributed by atoms with Gasteiger partial charge in [0.1, 0.15) is 5.52 Å². The van der Waals surface area contributed by atoms with Gasteiger partial charge in [-0.2, -0.15) is 0 Å². The molecule has 2 aromatic carbocycles. The van der Waals surface area contributed by atoms with Crippen LogP contribution in [0.2, 0.25) is 0 Å². The molecular weight excluding hydrogens is 320 g/mol. The van der Waals surface area contributed by atoms with Gasteiger partial charge in [0.05, 0.1) is 11.9 Å². The lowest BCUT2D eigenvalue weighted by Gasteiger charge is -2.07. The molecular formula is C22H14N4. The quantitative estimate of drug-likeness (QED) is 0.460. The zero-order valence-corrected chi connectivity index (χ0v) is 13.9. The highest BCUT2D eigenvalue weighted by Gasteiger charge is 2.08. The molecule has 3 heterocycles. The van der Waals surface area contributed by atoms with Crippen LogP contribution in [0.15, 0.2) is 85.5 Å². The Hall–Kier alpha value is -3.66. The second-order valence-corrected chi connectivity index (χ2v) is 6.09. The van der Waals surface area contributed by atoms with Crippen LogP contribution in [0.5, 0.6) is 0 Å². The summed E-state index contributed by atoms with van der Waals surface area (Å²) in [6, 6.07) is 20.3. The van der Waals surface area contributed by atoms with E-state index in [2.05, 4.69) is 32.1 Å². The van der Waals surface area contributed by atoms with Gasteiger partial charge in [0.15, 0.2) is 5.65 Å². The van der Waals surface area contributed by atoms with E-state index in [0.717, 1.165) is 38.7 Å². The molecule has 0 amide bonds. The Morgan fingerprint density at radius 2 is 1.62 bits per heavy atom. The van der Waals surface area contributed by atoms with Crippen LogP contribution in [0.1, 0.15) is 0 Å². The lowest BCUT2D eigenvalue weighted by Crippen LogP contribution is -1.92. The molecule has 0 aliphatic heterocycles. The normalized spacial score (nSPS) is 11.1. The molecule has 5 rings (SSSR count). The molecule has 0 radical (unpaired) electrons. The molecule has 4 heteroatoms. The molecule has 4 nitrogen and oxygen atoms in total. The standard InChI is InChI=1S/C22H14N4/c1-2-5-15(6-3-1)21-14-24-20-11-17(13-25-22(20)26-21)18-8-4-7-16-12-23-10-9-19(16)18/h1-14H. The first-order valence-corrected chi connectivity index (χ1v) is 8.40. The van der Waals surface area contributed by atoms with Crippen molar-refractivity contribution in [3.8, 4) is 22.4 Å². The fourth-order valence-electron chi connectivity index (χ4n) is 3.17. The summed E-state index contributed by atoms with van der Waals surface area (Å²) in [7, 11) is 0. The molecule has 0 saturated heterocycles. The molecule has 0 unspecified atom stereocenters. The van der Waals surface area contributed by atoms with E-state index in [1.165, 1.54) is 0 Å². The Labute approximate surface area is 150 Å². The second kappa shape index (κ2) is 6.01. The molecule has 5 aromatic rings. The predicted octanol–water partition coefficient (Wildman–Crippen LogP) is 4.91. The van der Waals surface area contributed by atoms with E-state index in [0.29, 0.717) is 5.65 Å². The summed E-state index contributed by atoms with van der Waals surface area (Å²) in [5.74, 6) is 0. The maximum absolute atomic E-state index is 4.66. The number of aromatic nitrogens is 4. The van der Waals surface area contributed by atoms with Gasteiger partial charge in [0, 0.05) is 35.1 Å². The Morgan fingerprint density at radius 3 is 2.54 bits per heavy atom. The molecule has 0 N–H and O–H groups in total. The summed E-state index contributed by atoms with van der Waals surface area (Å²) in [5, 5.41) is 2.26. The van der Waals surface area contributed by atoms with Crippen LogP contribution in [-0.4, -0.2) is 19.9 Å². The Bertz CT molecular complexity index is 1230. The maximum atomic E-state index is 4.66. The van der Waals surface area contributed by atoms with Crippen molar-refractivity contribution in [1.82, 2.24) is 19.9 Å². The van der Waals surface area contributed by atoms with Crippen molar-refractivity contribution in [3.63, 3.8) is 0 Å². The van der Waals surface area contributed by atoms with Crippen LogP contribution in [0, 0.1) is 0 Å². The summed E-state index contributed by atoms with van der Waals surface area (Å²) in [6.07, 6.45) is 7.35. The van der Waals surface area contributed by atoms with E-state index in [1.807, 2.05) is 67.1 Å². The fraction of sp³-hybridized carbons (Fsp3) is 0. The van der Waals surface area contributed by atoms with Crippen molar-refractivity contribution < 1.29 is 0 Å². The monoisotopic (exact) mass is 334 g/mol. The van der Waals surface area contributed by atoms with Crippen LogP contribution in [0.3, 0.4) is 0 Å². The molecule has 0 atom stereocenters. The first-order chi connectivity index (χ1) is 12.9. The number of nitrogens with zero attached hydrogens (tertiary/aromatic N) is 4. The van der Waals surface area contributed by atoms with Gasteiger partial charge >= 0.3 is 0 Å². The van der Waals surface area contributed by atoms with E-state index in [-0.39, 0.29) is 0 Å². The molecule has 122 valence electrons. The van der Waals surface area contributed by atoms with Crippen molar-refractivity contribution in [2.75, 3.05) is 0 Å². The largest absolute Gasteiger partial charge is 0.264 e. The molecule has 0 aliphatic rings. The molecule has 0 fully saturated rings. The SMILES string of the molecule is c1ccc(-c2cnc3cc(-c4cccc5cnccc45)cnc3n2)cc1. The van der Waals surface area contributed by atoms with Crippen molar-refractivity contribution in [3.05, 3.63) is 85.5 Å². The first kappa shape index (κ1) is 14.7. The minimum absolute atomic E-state index is 0.650. The smallest absolute Gasteiger partial charge is 0.178 e. The lowest BCUT2D eigenvalue weighted by atomic mass is 10.0. The van der Waals surface area contributed by atoms with Gasteiger partial charge in [-0.15, -0.1) is 0 Å². The van der Waals surface area contributed by atoms with Crippen LogP contribution in [-0.2, 0) is 0 Å². The highest BCUT2D eigenvalue weighted by Crippen LogP contribution is 2.29. The van der Waals surface area contributed by atoms with E-state index in [9.17, 15) is 0 Å². The van der Waals surface area contributed by atoms with E-state index >= 15 is 0 Å². The van der Waals surface area contributed by atoms with Crippen molar-refractivity contribution >= 4 is 21.9 Å². The molecule has 3 aromatic heterocycles. The number of hydrogen-bond acceptors (Lipinski definition) is 4. The van der Waals surface area contributed by atoms with E-state index < -0.39 is 0 Å². The van der Waals surface area contributed by atoms with Crippen LogP contribution >= 0.6 is 0 Å². The third-order valence-electron chi connectivity index (χ3n) is 4.46. The summed E-state index contributed by atoms with van der Waals surface area (Å²) < 4.78 is 0. The highest BCUT2D eigenvalue weighted by molar-refractivity contribution is 5.97. The Balaban J connectivity index is 1.64. The summed E-state index contributed by atoms with van der Waals surface area (Å²) in [6.45, 7) is 0. The second-order valence-electron chi connectivity index (χ2n) is 6.09. The van der Waals surface area contributed by atoms with Crippen molar-refractivity contribution in [2.24, 2.45) is 0 Å². The third-order valence-corrected chi connectivity index (χ3v) is 4.46. The summed E-state index contributed by atoms with van der Waals surface area (Å²) in [4.78, 5) is 18.0. The van der Waals surface area contributed by atoms with Gasteiger partial charge in [0.25, 0.3) is 0 Å². The van der Waals surface area contributed by atoms with Gasteiger partial charge in [-0.25, -0.2) is 9.97 Å². The van der Waals surface area contributed by atoms with Gasteiger partial charge in [0.2, 0.25) is 0 Å². The minimum atomic E-state index is 0.650. The number of fused-ring (bicyclic) bond motifs is 2. The van der Waals surface area contributed by atoms with Gasteiger partial charge < -0.3 is 0 Å². The van der Waals surface area contributed by atoms with Gasteiger partial charge in [-0.05, 0) is 23.1 Å². The molecule has 0 aliphatic carbocycles. The molecule has 0 saturated carbocycles. The first-order valence-electron chi connectivity index (χ1n) is 8.40. The zero-order valence-electron chi connectivity index (χ0n) is 13.9. The highest BCUT2D eigenvalue weighted by atomic mass is 14.9.